The first kappa shape index (κ1) is 16.6. The molecule has 0 bridgehead atoms. The number of aryl methyl sites for hydroxylation is 1. The van der Waals surface area contributed by atoms with Gasteiger partial charge in [-0.05, 0) is 20.3 Å². The van der Waals surface area contributed by atoms with Gasteiger partial charge in [0.2, 0.25) is 0 Å². The van der Waals surface area contributed by atoms with Crippen LogP contribution in [0.2, 0.25) is 0 Å². The third-order valence-electron chi connectivity index (χ3n) is 5.18. The first-order valence-electron chi connectivity index (χ1n) is 9.12. The van der Waals surface area contributed by atoms with E-state index in [4.69, 9.17) is 0 Å². The molecule has 1 amide bonds. The molecule has 0 unspecified atom stereocenters. The topological polar surface area (TPSA) is 66.8 Å². The molecule has 0 saturated heterocycles. The predicted octanol–water partition coefficient (Wildman–Crippen LogP) is 2.84. The average Bonchev–Trinajstić information content (AvgIpc) is 3.18. The van der Waals surface area contributed by atoms with Crippen LogP contribution in [-0.2, 0) is 19.4 Å². The summed E-state index contributed by atoms with van der Waals surface area (Å²) in [6, 6.07) is 10.2. The van der Waals surface area contributed by atoms with Gasteiger partial charge in [-0.15, -0.1) is 0 Å². The van der Waals surface area contributed by atoms with Crippen LogP contribution in [-0.4, -0.2) is 43.9 Å². The second-order valence-electron chi connectivity index (χ2n) is 6.65. The zero-order valence-corrected chi connectivity index (χ0v) is 15.2. The number of carbonyl (C=O) groups excluding carboxylic acids is 1. The summed E-state index contributed by atoms with van der Waals surface area (Å²) in [7, 11) is 0. The number of hydrogen-bond donors (Lipinski definition) is 1. The van der Waals surface area contributed by atoms with E-state index in [0.717, 1.165) is 42.0 Å². The van der Waals surface area contributed by atoms with E-state index in [1.54, 1.807) is 6.20 Å². The Morgan fingerprint density at radius 1 is 1.19 bits per heavy atom. The van der Waals surface area contributed by atoms with Gasteiger partial charge >= 0.3 is 0 Å². The molecule has 1 aliphatic rings. The van der Waals surface area contributed by atoms with E-state index in [9.17, 15) is 4.79 Å². The van der Waals surface area contributed by atoms with Crippen molar-refractivity contribution in [3.05, 3.63) is 59.0 Å². The average molecular weight is 349 g/mol. The lowest BCUT2D eigenvalue weighted by Crippen LogP contribution is -2.33. The van der Waals surface area contributed by atoms with Crippen molar-refractivity contribution in [2.75, 3.05) is 13.1 Å². The highest BCUT2D eigenvalue weighted by atomic mass is 16.2. The van der Waals surface area contributed by atoms with Gasteiger partial charge < -0.3 is 4.90 Å². The van der Waals surface area contributed by atoms with E-state index in [-0.39, 0.29) is 5.91 Å². The van der Waals surface area contributed by atoms with Gasteiger partial charge in [-0.3, -0.25) is 14.6 Å². The maximum Gasteiger partial charge on any atom is 0.257 e. The Kier molecular flexibility index (Phi) is 4.32. The highest BCUT2D eigenvalue weighted by molar-refractivity contribution is 5.95. The van der Waals surface area contributed by atoms with Gasteiger partial charge in [0.1, 0.15) is 0 Å². The van der Waals surface area contributed by atoms with E-state index >= 15 is 0 Å². The molecular weight excluding hydrogens is 326 g/mol. The quantitative estimate of drug-likeness (QED) is 0.791. The molecule has 6 nitrogen and oxygen atoms in total. The Balaban J connectivity index is 1.56. The van der Waals surface area contributed by atoms with Crippen molar-refractivity contribution in [2.24, 2.45) is 0 Å². The number of nitrogens with one attached hydrogen (secondary N) is 1. The Labute approximate surface area is 152 Å². The van der Waals surface area contributed by atoms with Crippen LogP contribution < -0.4 is 0 Å². The van der Waals surface area contributed by atoms with Crippen LogP contribution in [0, 0.1) is 6.92 Å². The van der Waals surface area contributed by atoms with Crippen molar-refractivity contribution < 1.29 is 4.79 Å². The van der Waals surface area contributed by atoms with Gasteiger partial charge in [-0.2, -0.15) is 10.2 Å². The molecule has 0 spiro atoms. The van der Waals surface area contributed by atoms with Crippen molar-refractivity contribution in [1.29, 1.82) is 0 Å². The van der Waals surface area contributed by atoms with Crippen LogP contribution in [0.3, 0.4) is 0 Å². The van der Waals surface area contributed by atoms with Gasteiger partial charge in [-0.1, -0.05) is 30.3 Å². The molecular formula is C20H23N5O. The Bertz CT molecular complexity index is 925. The van der Waals surface area contributed by atoms with Crippen molar-refractivity contribution >= 4 is 5.91 Å². The van der Waals surface area contributed by atoms with Gasteiger partial charge in [0, 0.05) is 48.6 Å². The third kappa shape index (κ3) is 2.81. The summed E-state index contributed by atoms with van der Waals surface area (Å²) >= 11 is 0. The largest absolute Gasteiger partial charge is 0.338 e. The van der Waals surface area contributed by atoms with Crippen LogP contribution in [0.5, 0.6) is 0 Å². The fraction of sp³-hybridized carbons (Fsp3) is 0.350. The molecule has 3 aromatic rings. The summed E-state index contributed by atoms with van der Waals surface area (Å²) in [4.78, 5) is 14.9. The minimum atomic E-state index is 0.0709. The number of carbonyl (C=O) groups is 1. The number of H-pyrrole nitrogens is 1. The molecule has 4 rings (SSSR count). The van der Waals surface area contributed by atoms with E-state index in [1.807, 2.05) is 41.6 Å². The number of aromatic nitrogens is 4. The number of rotatable bonds is 3. The minimum Gasteiger partial charge on any atom is -0.338 e. The second kappa shape index (κ2) is 6.78. The Morgan fingerprint density at radius 3 is 2.69 bits per heavy atom. The summed E-state index contributed by atoms with van der Waals surface area (Å²) < 4.78 is 1.87. The lowest BCUT2D eigenvalue weighted by atomic mass is 10.0. The lowest BCUT2D eigenvalue weighted by molar-refractivity contribution is 0.0762. The smallest absolute Gasteiger partial charge is 0.257 e. The van der Waals surface area contributed by atoms with E-state index in [2.05, 4.69) is 27.4 Å². The highest BCUT2D eigenvalue weighted by Crippen LogP contribution is 2.27. The van der Waals surface area contributed by atoms with E-state index in [0.29, 0.717) is 18.7 Å². The minimum absolute atomic E-state index is 0.0709. The molecule has 3 heterocycles. The molecule has 1 aliphatic heterocycles. The van der Waals surface area contributed by atoms with Crippen molar-refractivity contribution in [3.63, 3.8) is 0 Å². The van der Waals surface area contributed by atoms with E-state index in [1.165, 1.54) is 5.56 Å². The summed E-state index contributed by atoms with van der Waals surface area (Å²) in [5.41, 5.74) is 6.13. The number of amides is 1. The molecule has 0 fully saturated rings. The zero-order valence-electron chi connectivity index (χ0n) is 15.2. The van der Waals surface area contributed by atoms with Crippen LogP contribution >= 0.6 is 0 Å². The third-order valence-corrected chi connectivity index (χ3v) is 5.18. The summed E-state index contributed by atoms with van der Waals surface area (Å²) in [6.45, 7) is 6.16. The van der Waals surface area contributed by atoms with Crippen LogP contribution in [0.1, 0.15) is 34.2 Å². The summed E-state index contributed by atoms with van der Waals surface area (Å²) in [5, 5.41) is 12.0. The van der Waals surface area contributed by atoms with Crippen LogP contribution in [0.25, 0.3) is 11.3 Å². The molecule has 1 aromatic carbocycles. The van der Waals surface area contributed by atoms with Crippen molar-refractivity contribution in [1.82, 2.24) is 24.9 Å². The zero-order chi connectivity index (χ0) is 18.1. The molecule has 2 aromatic heterocycles. The molecule has 0 aliphatic carbocycles. The summed E-state index contributed by atoms with van der Waals surface area (Å²) in [5.74, 6) is 0.0709. The monoisotopic (exact) mass is 349 g/mol. The van der Waals surface area contributed by atoms with Crippen molar-refractivity contribution in [2.45, 2.75) is 33.2 Å². The number of fused-ring (bicyclic) bond motifs is 1. The fourth-order valence-electron chi connectivity index (χ4n) is 3.67. The molecule has 6 heteroatoms. The molecule has 0 atom stereocenters. The number of aromatic amines is 1. The molecule has 134 valence electrons. The van der Waals surface area contributed by atoms with E-state index < -0.39 is 0 Å². The van der Waals surface area contributed by atoms with Crippen LogP contribution in [0.4, 0.5) is 0 Å². The van der Waals surface area contributed by atoms with Gasteiger partial charge in [-0.25, -0.2) is 0 Å². The number of benzene rings is 1. The summed E-state index contributed by atoms with van der Waals surface area (Å²) in [6.07, 6.45) is 3.30. The molecule has 0 radical (unpaired) electrons. The standard InChI is InChI=1S/C20H23N5O/c1-3-25-14(2)17(13-21-25)20(26)24-11-9-16-18(10-12-24)22-23-19(16)15-7-5-4-6-8-15/h4-8,13H,3,9-12H2,1-2H3,(H,22,23). The maximum atomic E-state index is 13.0. The molecule has 26 heavy (non-hydrogen) atoms. The Hall–Kier alpha value is -2.89. The highest BCUT2D eigenvalue weighted by Gasteiger charge is 2.25. The van der Waals surface area contributed by atoms with Gasteiger partial charge in [0.05, 0.1) is 17.5 Å². The normalized spacial score (nSPS) is 14.2. The second-order valence-corrected chi connectivity index (χ2v) is 6.65. The van der Waals surface area contributed by atoms with Crippen LogP contribution in [0.15, 0.2) is 36.5 Å². The fourth-order valence-corrected chi connectivity index (χ4v) is 3.67. The SMILES string of the molecule is CCn1ncc(C(=O)N2CCc3[nH]nc(-c4ccccc4)c3CC2)c1C. The lowest BCUT2D eigenvalue weighted by Gasteiger charge is -2.20. The first-order chi connectivity index (χ1) is 12.7. The Morgan fingerprint density at radius 2 is 1.96 bits per heavy atom. The molecule has 0 saturated carbocycles. The first-order valence-corrected chi connectivity index (χ1v) is 9.12. The van der Waals surface area contributed by atoms with Gasteiger partial charge in [0.15, 0.2) is 0 Å². The van der Waals surface area contributed by atoms with Crippen molar-refractivity contribution in [3.8, 4) is 11.3 Å². The number of hydrogen-bond acceptors (Lipinski definition) is 3. The maximum absolute atomic E-state index is 13.0. The number of nitrogens with zero attached hydrogens (tertiary/aromatic N) is 4. The van der Waals surface area contributed by atoms with Gasteiger partial charge in [0.25, 0.3) is 5.91 Å². The molecule has 1 N–H and O–H groups in total. The predicted molar refractivity (Wildman–Crippen MR) is 100.0 cm³/mol.